The predicted octanol–water partition coefficient (Wildman–Crippen LogP) is 7.38. The van der Waals surface area contributed by atoms with Crippen molar-refractivity contribution in [3.8, 4) is 11.5 Å². The van der Waals surface area contributed by atoms with Gasteiger partial charge < -0.3 is 9.47 Å². The SMILES string of the molecule is COc1cc(/C=N\NC(=O)CSCc2ccccc2Cl)cc(Br)c1OCc1ccc(Cl)c(Cl)c1. The van der Waals surface area contributed by atoms with Crippen LogP contribution in [-0.2, 0) is 17.2 Å². The molecule has 0 bridgehead atoms. The Labute approximate surface area is 225 Å². The third kappa shape index (κ3) is 7.82. The number of nitrogens with zero attached hydrogens (tertiary/aromatic N) is 1. The molecule has 1 amide bonds. The second-order valence-corrected chi connectivity index (χ2v) is 10.0. The minimum absolute atomic E-state index is 0.207. The second kappa shape index (κ2) is 13.3. The largest absolute Gasteiger partial charge is 0.493 e. The number of hydrogen-bond acceptors (Lipinski definition) is 5. The Morgan fingerprint density at radius 3 is 2.62 bits per heavy atom. The van der Waals surface area contributed by atoms with Crippen molar-refractivity contribution < 1.29 is 14.3 Å². The first-order valence-corrected chi connectivity index (χ1v) is 13.0. The van der Waals surface area contributed by atoms with Gasteiger partial charge in [0.1, 0.15) is 6.61 Å². The van der Waals surface area contributed by atoms with Crippen LogP contribution in [0.1, 0.15) is 16.7 Å². The summed E-state index contributed by atoms with van der Waals surface area (Å²) in [6.07, 6.45) is 1.53. The van der Waals surface area contributed by atoms with E-state index < -0.39 is 0 Å². The van der Waals surface area contributed by atoms with Gasteiger partial charge in [0.05, 0.1) is 33.6 Å². The smallest absolute Gasteiger partial charge is 0.250 e. The lowest BCUT2D eigenvalue weighted by Crippen LogP contribution is -2.19. The number of ether oxygens (including phenoxy) is 2. The Balaban J connectivity index is 1.55. The average molecular weight is 603 g/mol. The molecule has 0 saturated heterocycles. The normalized spacial score (nSPS) is 11.0. The lowest BCUT2D eigenvalue weighted by molar-refractivity contribution is -0.118. The minimum atomic E-state index is -0.207. The Bertz CT molecular complexity index is 1190. The number of hydrogen-bond donors (Lipinski definition) is 1. The van der Waals surface area contributed by atoms with Gasteiger partial charge in [-0.25, -0.2) is 5.43 Å². The third-order valence-electron chi connectivity index (χ3n) is 4.47. The number of hydrazone groups is 1. The zero-order valence-electron chi connectivity index (χ0n) is 18.0. The number of methoxy groups -OCH3 is 1. The van der Waals surface area contributed by atoms with Gasteiger partial charge in [-0.1, -0.05) is 59.1 Å². The summed E-state index contributed by atoms with van der Waals surface area (Å²) in [4.78, 5) is 12.1. The van der Waals surface area contributed by atoms with Crippen LogP contribution in [0.3, 0.4) is 0 Å². The Morgan fingerprint density at radius 2 is 1.88 bits per heavy atom. The van der Waals surface area contributed by atoms with Gasteiger partial charge in [0.2, 0.25) is 5.91 Å². The lowest BCUT2D eigenvalue weighted by atomic mass is 10.2. The van der Waals surface area contributed by atoms with Crippen molar-refractivity contribution >= 4 is 74.6 Å². The molecule has 0 spiro atoms. The molecule has 3 aromatic rings. The van der Waals surface area contributed by atoms with Crippen LogP contribution in [0.5, 0.6) is 11.5 Å². The van der Waals surface area contributed by atoms with Crippen LogP contribution in [-0.4, -0.2) is 25.0 Å². The topological polar surface area (TPSA) is 59.9 Å². The van der Waals surface area contributed by atoms with Gasteiger partial charge in [0.25, 0.3) is 0 Å². The van der Waals surface area contributed by atoms with E-state index in [0.717, 1.165) is 16.7 Å². The first-order valence-electron chi connectivity index (χ1n) is 9.94. The van der Waals surface area contributed by atoms with Gasteiger partial charge in [-0.05, 0) is 63.0 Å². The molecule has 0 aliphatic rings. The molecule has 0 heterocycles. The Kier molecular flexibility index (Phi) is 10.4. The van der Waals surface area contributed by atoms with Gasteiger partial charge in [-0.3, -0.25) is 4.79 Å². The highest BCUT2D eigenvalue weighted by Crippen LogP contribution is 2.37. The highest BCUT2D eigenvalue weighted by molar-refractivity contribution is 9.10. The molecule has 34 heavy (non-hydrogen) atoms. The molecular formula is C24H20BrCl3N2O3S. The zero-order chi connectivity index (χ0) is 24.5. The van der Waals surface area contributed by atoms with Crippen molar-refractivity contribution in [2.24, 2.45) is 5.10 Å². The fourth-order valence-electron chi connectivity index (χ4n) is 2.82. The number of benzene rings is 3. The van der Waals surface area contributed by atoms with Gasteiger partial charge >= 0.3 is 0 Å². The summed E-state index contributed by atoms with van der Waals surface area (Å²) >= 11 is 23.1. The van der Waals surface area contributed by atoms with Crippen LogP contribution >= 0.6 is 62.5 Å². The van der Waals surface area contributed by atoms with Gasteiger partial charge in [-0.2, -0.15) is 5.10 Å². The first kappa shape index (κ1) is 26.7. The minimum Gasteiger partial charge on any atom is -0.493 e. The summed E-state index contributed by atoms with van der Waals surface area (Å²) in [6, 6.07) is 16.4. The van der Waals surface area contributed by atoms with Crippen molar-refractivity contribution in [3.63, 3.8) is 0 Å². The van der Waals surface area contributed by atoms with E-state index in [4.69, 9.17) is 44.3 Å². The van der Waals surface area contributed by atoms with E-state index in [2.05, 4.69) is 26.5 Å². The maximum atomic E-state index is 12.1. The van der Waals surface area contributed by atoms with Gasteiger partial charge in [0.15, 0.2) is 11.5 Å². The number of carbonyl (C=O) groups excluding carboxylic acids is 1. The Hall–Kier alpha value is -1.90. The maximum absolute atomic E-state index is 12.1. The molecule has 5 nitrogen and oxygen atoms in total. The number of rotatable bonds is 10. The van der Waals surface area contributed by atoms with Gasteiger partial charge in [0, 0.05) is 10.8 Å². The van der Waals surface area contributed by atoms with E-state index in [1.54, 1.807) is 25.3 Å². The zero-order valence-corrected chi connectivity index (χ0v) is 22.7. The van der Waals surface area contributed by atoms with Crippen LogP contribution in [0.15, 0.2) is 64.2 Å². The quantitative estimate of drug-likeness (QED) is 0.194. The fourth-order valence-corrected chi connectivity index (χ4v) is 4.82. The highest BCUT2D eigenvalue weighted by atomic mass is 79.9. The number of halogens is 4. The van der Waals surface area contributed by atoms with Crippen molar-refractivity contribution in [2.45, 2.75) is 12.4 Å². The second-order valence-electron chi connectivity index (χ2n) is 6.95. The van der Waals surface area contributed by atoms with Crippen molar-refractivity contribution in [1.29, 1.82) is 0 Å². The highest BCUT2D eigenvalue weighted by Gasteiger charge is 2.12. The number of nitrogens with one attached hydrogen (secondary N) is 1. The molecule has 10 heteroatoms. The number of carbonyl (C=O) groups is 1. The van der Waals surface area contributed by atoms with E-state index in [1.165, 1.54) is 18.0 Å². The van der Waals surface area contributed by atoms with Crippen molar-refractivity contribution in [3.05, 3.63) is 90.8 Å². The molecule has 0 saturated carbocycles. The average Bonchev–Trinajstić information content (AvgIpc) is 2.81. The monoisotopic (exact) mass is 600 g/mol. The van der Waals surface area contributed by atoms with E-state index in [9.17, 15) is 4.79 Å². The number of amides is 1. The molecule has 0 fully saturated rings. The summed E-state index contributed by atoms with van der Waals surface area (Å²) < 4.78 is 12.1. The van der Waals surface area contributed by atoms with E-state index in [1.807, 2.05) is 36.4 Å². The van der Waals surface area contributed by atoms with E-state index in [0.29, 0.717) is 36.8 Å². The van der Waals surface area contributed by atoms with Crippen LogP contribution in [0, 0.1) is 0 Å². The molecule has 0 radical (unpaired) electrons. The standard InChI is InChI=1S/C24H20BrCl3N2O3S/c1-32-22-10-16(8-18(25)24(22)33-12-15-6-7-20(27)21(28)9-15)11-29-30-23(31)14-34-13-17-4-2-3-5-19(17)26/h2-11H,12-14H2,1H3,(H,30,31)/b29-11-. The summed E-state index contributed by atoms with van der Waals surface area (Å²) in [6.45, 7) is 0.279. The molecule has 0 unspecified atom stereocenters. The van der Waals surface area contributed by atoms with Crippen LogP contribution in [0.4, 0.5) is 0 Å². The molecule has 3 rings (SSSR count). The lowest BCUT2D eigenvalue weighted by Gasteiger charge is -2.14. The molecular weight excluding hydrogens is 583 g/mol. The summed E-state index contributed by atoms with van der Waals surface area (Å²) in [5.74, 6) is 1.74. The molecule has 1 N–H and O–H groups in total. The first-order chi connectivity index (χ1) is 16.4. The Morgan fingerprint density at radius 1 is 1.09 bits per heavy atom. The maximum Gasteiger partial charge on any atom is 0.250 e. The fraction of sp³-hybridized carbons (Fsp3) is 0.167. The summed E-state index contributed by atoms with van der Waals surface area (Å²) in [7, 11) is 1.55. The van der Waals surface area contributed by atoms with Crippen LogP contribution in [0.25, 0.3) is 0 Å². The summed E-state index contributed by atoms with van der Waals surface area (Å²) in [5.41, 5.74) is 5.10. The van der Waals surface area contributed by atoms with E-state index >= 15 is 0 Å². The van der Waals surface area contributed by atoms with Crippen molar-refractivity contribution in [1.82, 2.24) is 5.43 Å². The molecule has 178 valence electrons. The molecule has 3 aromatic carbocycles. The molecule has 0 atom stereocenters. The van der Waals surface area contributed by atoms with E-state index in [-0.39, 0.29) is 18.3 Å². The van der Waals surface area contributed by atoms with Crippen LogP contribution in [0.2, 0.25) is 15.1 Å². The molecule has 0 aliphatic carbocycles. The molecule has 0 aliphatic heterocycles. The van der Waals surface area contributed by atoms with Gasteiger partial charge in [-0.15, -0.1) is 11.8 Å². The predicted molar refractivity (Wildman–Crippen MR) is 145 cm³/mol. The molecule has 0 aromatic heterocycles. The third-order valence-corrected chi connectivity index (χ3v) is 7.15. The van der Waals surface area contributed by atoms with Crippen molar-refractivity contribution in [2.75, 3.05) is 12.9 Å². The number of thioether (sulfide) groups is 1. The van der Waals surface area contributed by atoms with Crippen LogP contribution < -0.4 is 14.9 Å². The summed E-state index contributed by atoms with van der Waals surface area (Å²) in [5, 5.41) is 5.67.